The minimum Gasteiger partial charge on any atom is -0.444 e. The molecule has 1 aromatic heterocycles. The molecule has 1 aromatic rings. The van der Waals surface area contributed by atoms with Gasteiger partial charge in [-0.25, -0.2) is 9.78 Å². The van der Waals surface area contributed by atoms with Crippen LogP contribution in [-0.2, 0) is 4.74 Å². The molecule has 7 heteroatoms. The van der Waals surface area contributed by atoms with Crippen LogP contribution in [0.3, 0.4) is 0 Å². The summed E-state index contributed by atoms with van der Waals surface area (Å²) in [6.07, 6.45) is 2.84. The molecule has 1 amide bonds. The maximum Gasteiger partial charge on any atom is 0.407 e. The van der Waals surface area contributed by atoms with Gasteiger partial charge in [0.05, 0.1) is 17.9 Å². The first-order valence-corrected chi connectivity index (χ1v) is 7.78. The number of ether oxygens (including phenoxy) is 1. The van der Waals surface area contributed by atoms with Crippen LogP contribution in [0.4, 0.5) is 16.2 Å². The molecule has 122 valence electrons. The van der Waals surface area contributed by atoms with Gasteiger partial charge in [0, 0.05) is 18.3 Å². The number of nitrogens with two attached hydrogens (primary N) is 1. The van der Waals surface area contributed by atoms with Crippen LogP contribution in [-0.4, -0.2) is 35.8 Å². The van der Waals surface area contributed by atoms with Crippen molar-refractivity contribution in [1.82, 2.24) is 10.3 Å². The fraction of sp³-hybridized carbons (Fsp3) is 0.600. The van der Waals surface area contributed by atoms with E-state index in [1.807, 2.05) is 26.8 Å². The normalized spacial score (nSPS) is 18.9. The first-order valence-electron chi connectivity index (χ1n) is 7.40. The quantitative estimate of drug-likeness (QED) is 0.817. The average molecular weight is 327 g/mol. The largest absolute Gasteiger partial charge is 0.444 e. The Labute approximate surface area is 136 Å². The van der Waals surface area contributed by atoms with Crippen molar-refractivity contribution in [2.45, 2.75) is 45.3 Å². The second-order valence-corrected chi connectivity index (χ2v) is 6.88. The van der Waals surface area contributed by atoms with Gasteiger partial charge < -0.3 is 20.7 Å². The van der Waals surface area contributed by atoms with Gasteiger partial charge in [-0.15, -0.1) is 0 Å². The lowest BCUT2D eigenvalue weighted by Gasteiger charge is -2.35. The van der Waals surface area contributed by atoms with Gasteiger partial charge in [0.1, 0.15) is 6.10 Å². The Morgan fingerprint density at radius 3 is 2.95 bits per heavy atom. The number of aromatic nitrogens is 1. The van der Waals surface area contributed by atoms with E-state index in [0.717, 1.165) is 25.1 Å². The molecule has 2 heterocycles. The van der Waals surface area contributed by atoms with Gasteiger partial charge in [0.2, 0.25) is 0 Å². The van der Waals surface area contributed by atoms with Crippen molar-refractivity contribution in [2.75, 3.05) is 23.7 Å². The number of carbonyl (C=O) groups excluding carboxylic acids is 1. The number of amides is 1. The molecule has 2 rings (SSSR count). The summed E-state index contributed by atoms with van der Waals surface area (Å²) >= 11 is 5.97. The van der Waals surface area contributed by atoms with E-state index in [4.69, 9.17) is 22.1 Å². The zero-order chi connectivity index (χ0) is 16.3. The maximum atomic E-state index is 11.9. The van der Waals surface area contributed by atoms with E-state index in [-0.39, 0.29) is 17.7 Å². The standard InChI is InChI=1S/C15H23ClN4O2/c1-15(2,3)19-14(21)22-10-5-4-8-20(9-10)11-6-7-18-13(16)12(11)17/h6-7,10H,4-5,8-9,17H2,1-3H3,(H,19,21)/t10-/m1/s1. The van der Waals surface area contributed by atoms with Gasteiger partial charge >= 0.3 is 6.09 Å². The number of anilines is 2. The molecule has 1 fully saturated rings. The average Bonchev–Trinajstić information content (AvgIpc) is 2.40. The molecule has 0 unspecified atom stereocenters. The van der Waals surface area contributed by atoms with Crippen LogP contribution >= 0.6 is 11.6 Å². The smallest absolute Gasteiger partial charge is 0.407 e. The number of alkyl carbamates (subject to hydrolysis) is 1. The molecule has 0 saturated carbocycles. The van der Waals surface area contributed by atoms with Gasteiger partial charge in [-0.05, 0) is 39.7 Å². The summed E-state index contributed by atoms with van der Waals surface area (Å²) in [7, 11) is 0. The van der Waals surface area contributed by atoms with E-state index in [2.05, 4.69) is 15.2 Å². The number of piperidine rings is 1. The molecule has 1 atom stereocenters. The summed E-state index contributed by atoms with van der Waals surface area (Å²) in [4.78, 5) is 17.9. The van der Waals surface area contributed by atoms with E-state index in [0.29, 0.717) is 17.4 Å². The van der Waals surface area contributed by atoms with Crippen molar-refractivity contribution in [3.8, 4) is 0 Å². The van der Waals surface area contributed by atoms with Crippen molar-refractivity contribution in [3.63, 3.8) is 0 Å². The highest BCUT2D eigenvalue weighted by atomic mass is 35.5. The van der Waals surface area contributed by atoms with Crippen molar-refractivity contribution in [2.24, 2.45) is 0 Å². The molecule has 0 aliphatic carbocycles. The third kappa shape index (κ3) is 4.40. The predicted molar refractivity (Wildman–Crippen MR) is 88.3 cm³/mol. The topological polar surface area (TPSA) is 80.5 Å². The van der Waals surface area contributed by atoms with Crippen molar-refractivity contribution in [1.29, 1.82) is 0 Å². The third-order valence-electron chi connectivity index (χ3n) is 3.39. The summed E-state index contributed by atoms with van der Waals surface area (Å²) < 4.78 is 5.51. The molecule has 0 radical (unpaired) electrons. The van der Waals surface area contributed by atoms with Crippen molar-refractivity contribution >= 4 is 29.1 Å². The first kappa shape index (κ1) is 16.7. The fourth-order valence-corrected chi connectivity index (χ4v) is 2.61. The maximum absolute atomic E-state index is 11.9. The Kier molecular flexibility index (Phi) is 5.01. The molecule has 0 bridgehead atoms. The number of pyridine rings is 1. The summed E-state index contributed by atoms with van der Waals surface area (Å²) in [5.41, 5.74) is 6.98. The van der Waals surface area contributed by atoms with E-state index >= 15 is 0 Å². The molecule has 1 saturated heterocycles. The molecule has 0 spiro atoms. The Bertz CT molecular complexity index is 545. The Hall–Kier alpha value is -1.69. The lowest BCUT2D eigenvalue weighted by molar-refractivity contribution is 0.0826. The lowest BCUT2D eigenvalue weighted by atomic mass is 10.1. The molecule has 22 heavy (non-hydrogen) atoms. The Balaban J connectivity index is 2.00. The molecule has 6 nitrogen and oxygen atoms in total. The van der Waals surface area contributed by atoms with Gasteiger partial charge in [0.15, 0.2) is 5.15 Å². The van der Waals surface area contributed by atoms with Crippen LogP contribution in [0.15, 0.2) is 12.3 Å². The van der Waals surface area contributed by atoms with E-state index in [1.165, 1.54) is 0 Å². The van der Waals surface area contributed by atoms with Gasteiger partial charge in [-0.1, -0.05) is 11.6 Å². The number of nitrogen functional groups attached to an aromatic ring is 1. The second-order valence-electron chi connectivity index (χ2n) is 6.53. The highest BCUT2D eigenvalue weighted by Gasteiger charge is 2.26. The molecule has 0 aromatic carbocycles. The number of nitrogens with zero attached hydrogens (tertiary/aromatic N) is 2. The van der Waals surface area contributed by atoms with Gasteiger partial charge in [-0.2, -0.15) is 0 Å². The SMILES string of the molecule is CC(C)(C)NC(=O)O[C@@H]1CCCN(c2ccnc(Cl)c2N)C1. The second kappa shape index (κ2) is 6.60. The summed E-state index contributed by atoms with van der Waals surface area (Å²) in [6, 6.07) is 1.83. The number of carbonyl (C=O) groups is 1. The summed E-state index contributed by atoms with van der Waals surface area (Å²) in [5.74, 6) is 0. The van der Waals surface area contributed by atoms with Crippen LogP contribution < -0.4 is 16.0 Å². The van der Waals surface area contributed by atoms with E-state index in [9.17, 15) is 4.79 Å². The van der Waals surface area contributed by atoms with E-state index < -0.39 is 0 Å². The molecular weight excluding hydrogens is 304 g/mol. The number of halogens is 1. The van der Waals surface area contributed by atoms with Crippen LogP contribution in [0.5, 0.6) is 0 Å². The zero-order valence-electron chi connectivity index (χ0n) is 13.2. The zero-order valence-corrected chi connectivity index (χ0v) is 14.0. The molecule has 1 aliphatic rings. The number of hydrogen-bond acceptors (Lipinski definition) is 5. The van der Waals surface area contributed by atoms with Gasteiger partial charge in [0.25, 0.3) is 0 Å². The minimum absolute atomic E-state index is 0.164. The van der Waals surface area contributed by atoms with Crippen molar-refractivity contribution in [3.05, 3.63) is 17.4 Å². The van der Waals surface area contributed by atoms with E-state index in [1.54, 1.807) is 6.20 Å². The van der Waals surface area contributed by atoms with Crippen LogP contribution in [0, 0.1) is 0 Å². The highest BCUT2D eigenvalue weighted by molar-refractivity contribution is 6.32. The Morgan fingerprint density at radius 1 is 1.55 bits per heavy atom. The molecule has 1 aliphatic heterocycles. The van der Waals surface area contributed by atoms with Crippen LogP contribution in [0.1, 0.15) is 33.6 Å². The number of hydrogen-bond donors (Lipinski definition) is 2. The highest BCUT2D eigenvalue weighted by Crippen LogP contribution is 2.30. The third-order valence-corrected chi connectivity index (χ3v) is 3.69. The predicted octanol–water partition coefficient (Wildman–Crippen LogP) is 2.81. The van der Waals surface area contributed by atoms with Crippen LogP contribution in [0.2, 0.25) is 5.15 Å². The summed E-state index contributed by atoms with van der Waals surface area (Å²) in [6.45, 7) is 7.21. The first-order chi connectivity index (χ1) is 10.3. The molecular formula is C15H23ClN4O2. The minimum atomic E-state index is -0.389. The van der Waals surface area contributed by atoms with Crippen LogP contribution in [0.25, 0.3) is 0 Å². The Morgan fingerprint density at radius 2 is 2.27 bits per heavy atom. The fourth-order valence-electron chi connectivity index (χ4n) is 2.45. The number of nitrogens with one attached hydrogen (secondary N) is 1. The molecule has 3 N–H and O–H groups in total. The monoisotopic (exact) mass is 326 g/mol. The lowest BCUT2D eigenvalue weighted by Crippen LogP contribution is -2.46. The van der Waals surface area contributed by atoms with Gasteiger partial charge in [-0.3, -0.25) is 0 Å². The van der Waals surface area contributed by atoms with Crippen molar-refractivity contribution < 1.29 is 9.53 Å². The number of rotatable bonds is 2. The summed E-state index contributed by atoms with van der Waals surface area (Å²) in [5, 5.41) is 3.10.